The van der Waals surface area contributed by atoms with Crippen LogP contribution in [0, 0.1) is 0 Å². The van der Waals surface area contributed by atoms with Gasteiger partial charge in [-0.1, -0.05) is 35.5 Å². The number of nitrogens with one attached hydrogen (secondary N) is 1. The van der Waals surface area contributed by atoms with E-state index in [1.54, 1.807) is 18.2 Å². The molecule has 1 amide bonds. The third-order valence-corrected chi connectivity index (χ3v) is 7.30. The van der Waals surface area contributed by atoms with Crippen LogP contribution in [0.15, 0.2) is 63.9 Å². The van der Waals surface area contributed by atoms with Crippen LogP contribution in [-0.4, -0.2) is 21.2 Å². The minimum atomic E-state index is -0.163. The van der Waals surface area contributed by atoms with E-state index in [-0.39, 0.29) is 17.2 Å². The minimum absolute atomic E-state index is 0.139. The molecule has 4 aromatic rings. The number of hydrogen-bond donors (Lipinski definition) is 1. The van der Waals surface area contributed by atoms with E-state index in [0.29, 0.717) is 26.1 Å². The highest BCUT2D eigenvalue weighted by molar-refractivity contribution is 7.99. The first-order valence-electron chi connectivity index (χ1n) is 9.89. The van der Waals surface area contributed by atoms with Crippen molar-refractivity contribution in [3.63, 3.8) is 0 Å². The third kappa shape index (κ3) is 4.13. The average molecular weight is 468 g/mol. The van der Waals surface area contributed by atoms with E-state index in [0.717, 1.165) is 18.5 Å². The van der Waals surface area contributed by atoms with Crippen molar-refractivity contribution in [3.8, 4) is 5.69 Å². The van der Waals surface area contributed by atoms with Crippen LogP contribution < -0.4 is 10.9 Å². The van der Waals surface area contributed by atoms with Gasteiger partial charge >= 0.3 is 0 Å². The SMILES string of the molecule is O=C(CSc1nc2ccsc2c(=O)n1-c1cccc(Cl)c1)Nc1ccc2c(c1)CCC2. The van der Waals surface area contributed by atoms with Crippen LogP contribution in [0.25, 0.3) is 15.9 Å². The van der Waals surface area contributed by atoms with E-state index in [1.807, 2.05) is 23.6 Å². The fourth-order valence-electron chi connectivity index (χ4n) is 3.81. The predicted molar refractivity (Wildman–Crippen MR) is 128 cm³/mol. The number of halogens is 1. The van der Waals surface area contributed by atoms with Crippen LogP contribution in [0.1, 0.15) is 17.5 Å². The minimum Gasteiger partial charge on any atom is -0.325 e. The summed E-state index contributed by atoms with van der Waals surface area (Å²) in [7, 11) is 0. The Kier molecular flexibility index (Phi) is 5.56. The fourth-order valence-corrected chi connectivity index (χ4v) is 5.57. The van der Waals surface area contributed by atoms with Gasteiger partial charge in [-0.2, -0.15) is 0 Å². The van der Waals surface area contributed by atoms with Gasteiger partial charge in [0.05, 0.1) is 17.0 Å². The second kappa shape index (κ2) is 8.49. The number of aryl methyl sites for hydroxylation is 2. The molecule has 0 fully saturated rings. The topological polar surface area (TPSA) is 64.0 Å². The first-order valence-corrected chi connectivity index (χ1v) is 12.1. The Balaban J connectivity index is 1.41. The highest BCUT2D eigenvalue weighted by Gasteiger charge is 2.17. The van der Waals surface area contributed by atoms with Crippen molar-refractivity contribution in [2.24, 2.45) is 0 Å². The predicted octanol–water partition coefficient (Wildman–Crippen LogP) is 5.32. The Morgan fingerprint density at radius 3 is 2.90 bits per heavy atom. The molecule has 2 aromatic carbocycles. The van der Waals surface area contributed by atoms with Crippen LogP contribution in [0.4, 0.5) is 5.69 Å². The highest BCUT2D eigenvalue weighted by atomic mass is 35.5. The van der Waals surface area contributed by atoms with Crippen molar-refractivity contribution in [1.29, 1.82) is 0 Å². The molecule has 0 spiro atoms. The monoisotopic (exact) mass is 467 g/mol. The van der Waals surface area contributed by atoms with E-state index < -0.39 is 0 Å². The van der Waals surface area contributed by atoms with Gasteiger partial charge in [0.25, 0.3) is 5.56 Å². The lowest BCUT2D eigenvalue weighted by atomic mass is 10.1. The molecular formula is C23H18ClN3O2S2. The molecule has 8 heteroatoms. The molecule has 156 valence electrons. The molecule has 1 aliphatic carbocycles. The summed E-state index contributed by atoms with van der Waals surface area (Å²) in [5.41, 5.74) is 4.58. The molecule has 5 rings (SSSR count). The molecule has 0 atom stereocenters. The first kappa shape index (κ1) is 20.3. The van der Waals surface area contributed by atoms with E-state index in [1.165, 1.54) is 45.2 Å². The van der Waals surface area contributed by atoms with Gasteiger partial charge in [0.1, 0.15) is 4.70 Å². The van der Waals surface area contributed by atoms with Gasteiger partial charge in [-0.3, -0.25) is 14.2 Å². The maximum Gasteiger partial charge on any atom is 0.276 e. The molecule has 1 aliphatic rings. The standard InChI is InChI=1S/C23H18ClN3O2S2/c24-16-5-2-6-18(12-16)27-22(29)21-19(9-10-30-21)26-23(27)31-13-20(28)25-17-8-7-14-3-1-4-15(14)11-17/h2,5-12H,1,3-4,13H2,(H,25,28). The molecule has 0 saturated heterocycles. The van der Waals surface area contributed by atoms with Crippen molar-refractivity contribution < 1.29 is 4.79 Å². The van der Waals surface area contributed by atoms with Gasteiger partial charge in [-0.15, -0.1) is 11.3 Å². The number of rotatable bonds is 5. The Bertz CT molecular complexity index is 1360. The largest absolute Gasteiger partial charge is 0.325 e. The van der Waals surface area contributed by atoms with Crippen LogP contribution in [-0.2, 0) is 17.6 Å². The highest BCUT2D eigenvalue weighted by Crippen LogP contribution is 2.27. The van der Waals surface area contributed by atoms with Crippen LogP contribution in [0.5, 0.6) is 0 Å². The number of hydrogen-bond acceptors (Lipinski definition) is 5. The number of anilines is 1. The van der Waals surface area contributed by atoms with Crippen LogP contribution in [0.2, 0.25) is 5.02 Å². The van der Waals surface area contributed by atoms with Crippen LogP contribution >= 0.6 is 34.7 Å². The number of carbonyl (C=O) groups is 1. The number of aromatic nitrogens is 2. The Morgan fingerprint density at radius 2 is 2.03 bits per heavy atom. The molecule has 0 radical (unpaired) electrons. The maximum atomic E-state index is 13.1. The van der Waals surface area contributed by atoms with Gasteiger partial charge in [-0.05, 0) is 72.2 Å². The Morgan fingerprint density at radius 1 is 1.16 bits per heavy atom. The average Bonchev–Trinajstić information content (AvgIpc) is 3.41. The third-order valence-electron chi connectivity index (χ3n) is 5.23. The van der Waals surface area contributed by atoms with Gasteiger partial charge in [-0.25, -0.2) is 4.98 Å². The van der Waals surface area contributed by atoms with Crippen molar-refractivity contribution in [3.05, 3.63) is 80.4 Å². The van der Waals surface area contributed by atoms with Crippen molar-refractivity contribution in [2.75, 3.05) is 11.1 Å². The number of thioether (sulfide) groups is 1. The zero-order valence-electron chi connectivity index (χ0n) is 16.4. The molecule has 0 saturated carbocycles. The molecule has 0 aliphatic heterocycles. The van der Waals surface area contributed by atoms with Gasteiger partial charge < -0.3 is 5.32 Å². The number of carbonyl (C=O) groups excluding carboxylic acids is 1. The number of benzene rings is 2. The summed E-state index contributed by atoms with van der Waals surface area (Å²) in [6.45, 7) is 0. The van der Waals surface area contributed by atoms with Gasteiger partial charge in [0.2, 0.25) is 5.91 Å². The first-order chi connectivity index (χ1) is 15.1. The summed E-state index contributed by atoms with van der Waals surface area (Å²) < 4.78 is 2.10. The van der Waals surface area contributed by atoms with Crippen LogP contribution in [0.3, 0.4) is 0 Å². The number of amides is 1. The van der Waals surface area contributed by atoms with E-state index in [2.05, 4.69) is 22.4 Å². The zero-order valence-corrected chi connectivity index (χ0v) is 18.8. The quantitative estimate of drug-likeness (QED) is 0.318. The smallest absolute Gasteiger partial charge is 0.276 e. The molecular weight excluding hydrogens is 450 g/mol. The summed E-state index contributed by atoms with van der Waals surface area (Å²) in [6, 6.07) is 15.0. The molecule has 0 unspecified atom stereocenters. The fraction of sp³-hybridized carbons (Fsp3) is 0.174. The molecule has 5 nitrogen and oxygen atoms in total. The summed E-state index contributed by atoms with van der Waals surface area (Å²) in [5.74, 6) is -0.0000270. The summed E-state index contributed by atoms with van der Waals surface area (Å²) in [5, 5.41) is 5.80. The Labute approximate surface area is 192 Å². The molecule has 2 heterocycles. The summed E-state index contributed by atoms with van der Waals surface area (Å²) in [6.07, 6.45) is 3.34. The number of fused-ring (bicyclic) bond motifs is 2. The number of nitrogens with zero attached hydrogens (tertiary/aromatic N) is 2. The van der Waals surface area contributed by atoms with Gasteiger partial charge in [0.15, 0.2) is 5.16 Å². The maximum absolute atomic E-state index is 13.1. The lowest BCUT2D eigenvalue weighted by molar-refractivity contribution is -0.113. The van der Waals surface area contributed by atoms with E-state index in [9.17, 15) is 9.59 Å². The van der Waals surface area contributed by atoms with Crippen molar-refractivity contribution >= 4 is 56.5 Å². The second-order valence-corrected chi connectivity index (χ2v) is 9.62. The Hall–Kier alpha value is -2.61. The van der Waals surface area contributed by atoms with Gasteiger partial charge in [0, 0.05) is 10.7 Å². The number of thiophene rings is 1. The van der Waals surface area contributed by atoms with E-state index in [4.69, 9.17) is 11.6 Å². The zero-order chi connectivity index (χ0) is 21.4. The molecule has 31 heavy (non-hydrogen) atoms. The summed E-state index contributed by atoms with van der Waals surface area (Å²) in [4.78, 5) is 30.4. The molecule has 0 bridgehead atoms. The molecule has 2 aromatic heterocycles. The second-order valence-electron chi connectivity index (χ2n) is 7.32. The lowest BCUT2D eigenvalue weighted by Crippen LogP contribution is -2.22. The van der Waals surface area contributed by atoms with Crippen molar-refractivity contribution in [2.45, 2.75) is 24.4 Å². The van der Waals surface area contributed by atoms with E-state index >= 15 is 0 Å². The van der Waals surface area contributed by atoms with Crippen molar-refractivity contribution in [1.82, 2.24) is 9.55 Å². The normalized spacial score (nSPS) is 12.8. The molecule has 1 N–H and O–H groups in total. The lowest BCUT2D eigenvalue weighted by Gasteiger charge is -2.12. The summed E-state index contributed by atoms with van der Waals surface area (Å²) >= 11 is 8.74.